The van der Waals surface area contributed by atoms with Gasteiger partial charge in [0, 0.05) is 41.2 Å². The van der Waals surface area contributed by atoms with Gasteiger partial charge in [-0.05, 0) is 137 Å². The minimum Gasteiger partial charge on any atom is -0.451 e. The van der Waals surface area contributed by atoms with Gasteiger partial charge in [0.1, 0.15) is 23.1 Å². The monoisotopic (exact) mass is 801 g/mol. The zero-order chi connectivity index (χ0) is 40.6. The number of carbonyl (C=O) groups excluding carboxylic acids is 2. The van der Waals surface area contributed by atoms with Gasteiger partial charge in [-0.2, -0.15) is 0 Å². The molecule has 1 spiro atoms. The van der Waals surface area contributed by atoms with E-state index in [-0.39, 0.29) is 55.1 Å². The Balaban J connectivity index is 1.09. The van der Waals surface area contributed by atoms with Crippen LogP contribution in [-0.2, 0) is 27.4 Å². The first-order valence-corrected chi connectivity index (χ1v) is 23.1. The second-order valence-corrected chi connectivity index (χ2v) is 21.2. The Bertz CT molecular complexity index is 1850. The molecule has 9 aliphatic rings. The fourth-order valence-electron chi connectivity index (χ4n) is 17.6. The molecule has 0 unspecified atom stereocenters. The average Bonchev–Trinajstić information content (AvgIpc) is 3.89. The highest BCUT2D eigenvalue weighted by Crippen LogP contribution is 2.79. The van der Waals surface area contributed by atoms with Crippen LogP contribution in [-0.4, -0.2) is 90.6 Å². The summed E-state index contributed by atoms with van der Waals surface area (Å²) in [6.45, 7) is 2.22. The van der Waals surface area contributed by atoms with Crippen molar-refractivity contribution >= 4 is 12.3 Å². The van der Waals surface area contributed by atoms with Crippen LogP contribution in [0.5, 0.6) is 0 Å². The third-order valence-corrected chi connectivity index (χ3v) is 20.0. The Morgan fingerprint density at radius 1 is 0.879 bits per heavy atom. The van der Waals surface area contributed by atoms with Crippen LogP contribution in [0.3, 0.4) is 0 Å². The molecule has 0 aromatic heterocycles. The number of hydrogen-bond donors (Lipinski definition) is 7. The molecule has 10 rings (SSSR count). The van der Waals surface area contributed by atoms with Crippen molar-refractivity contribution in [3.63, 3.8) is 0 Å². The molecule has 0 amide bonds. The SMILES string of the molecule is CN[C@H](Cc1ccccc1CO)[C@@H]1C[C@H]2C[C@@]3(O)[C@]4(CCC[C@@]15OC(=O)C=C5[C@@H]24)CC[C@H]1[C@@]3(O)[C@@H](O)[C@@H]2C[C@H]([C@@H](C)C3CCCC3)CC[C@H]3[C@@H](O)CC[C@@]1(C=O)[C@@]32O. The largest absolute Gasteiger partial charge is 0.451 e. The Morgan fingerprint density at radius 3 is 2.36 bits per heavy atom. The van der Waals surface area contributed by atoms with Crippen LogP contribution >= 0.6 is 0 Å². The fourth-order valence-corrected chi connectivity index (χ4v) is 17.6. The highest BCUT2D eigenvalue weighted by molar-refractivity contribution is 5.87. The number of aliphatic hydroxyl groups excluding tert-OH is 3. The van der Waals surface area contributed by atoms with E-state index >= 15 is 0 Å². The molecule has 8 aliphatic carbocycles. The molecular formula is C48H67NO9. The van der Waals surface area contributed by atoms with Crippen molar-refractivity contribution in [1.82, 2.24) is 5.32 Å². The van der Waals surface area contributed by atoms with Gasteiger partial charge in [0.2, 0.25) is 0 Å². The summed E-state index contributed by atoms with van der Waals surface area (Å²) in [7, 11) is 1.93. The average molecular weight is 802 g/mol. The molecule has 17 atom stereocenters. The van der Waals surface area contributed by atoms with Gasteiger partial charge in [0.25, 0.3) is 0 Å². The van der Waals surface area contributed by atoms with E-state index in [9.17, 15) is 40.2 Å². The van der Waals surface area contributed by atoms with Crippen molar-refractivity contribution < 1.29 is 45.0 Å². The lowest BCUT2D eigenvalue weighted by atomic mass is 9.35. The number of aldehydes is 1. The summed E-state index contributed by atoms with van der Waals surface area (Å²) in [5.74, 6) is -2.38. The predicted octanol–water partition coefficient (Wildman–Crippen LogP) is 4.53. The van der Waals surface area contributed by atoms with Crippen molar-refractivity contribution in [2.45, 2.75) is 163 Å². The number of aliphatic hydroxyl groups is 6. The summed E-state index contributed by atoms with van der Waals surface area (Å²) in [5.41, 5.74) is -6.11. The molecule has 0 radical (unpaired) electrons. The molecule has 1 aliphatic heterocycles. The van der Waals surface area contributed by atoms with E-state index in [1.54, 1.807) is 6.08 Å². The normalized spacial score (nSPS) is 50.2. The van der Waals surface area contributed by atoms with Crippen molar-refractivity contribution in [3.05, 3.63) is 47.0 Å². The summed E-state index contributed by atoms with van der Waals surface area (Å²) in [5, 5.41) is 80.2. The number of likely N-dealkylation sites (N-methyl/N-ethyl adjacent to an activating group) is 1. The van der Waals surface area contributed by atoms with Crippen molar-refractivity contribution in [1.29, 1.82) is 0 Å². The van der Waals surface area contributed by atoms with Gasteiger partial charge >= 0.3 is 5.97 Å². The van der Waals surface area contributed by atoms with Gasteiger partial charge in [-0.3, -0.25) is 0 Å². The Labute approximate surface area is 343 Å². The molecule has 58 heavy (non-hydrogen) atoms. The number of esters is 1. The summed E-state index contributed by atoms with van der Waals surface area (Å²) in [6, 6.07) is 7.74. The van der Waals surface area contributed by atoms with Crippen LogP contribution < -0.4 is 5.32 Å². The predicted molar refractivity (Wildman–Crippen MR) is 215 cm³/mol. The van der Waals surface area contributed by atoms with Crippen LogP contribution in [0.1, 0.15) is 121 Å². The van der Waals surface area contributed by atoms with E-state index in [4.69, 9.17) is 4.74 Å². The van der Waals surface area contributed by atoms with E-state index in [0.717, 1.165) is 42.2 Å². The fraction of sp³-hybridized carbons (Fsp3) is 0.792. The van der Waals surface area contributed by atoms with E-state index < -0.39 is 63.2 Å². The number of rotatable bonds is 8. The molecule has 1 aromatic rings. The number of benzene rings is 1. The van der Waals surface area contributed by atoms with Crippen LogP contribution in [0, 0.1) is 64.1 Å². The molecule has 10 nitrogen and oxygen atoms in total. The minimum absolute atomic E-state index is 0.0801. The Hall–Kier alpha value is -2.18. The highest BCUT2D eigenvalue weighted by atomic mass is 16.6. The molecular weight excluding hydrogens is 735 g/mol. The zero-order valence-corrected chi connectivity index (χ0v) is 34.5. The van der Waals surface area contributed by atoms with Gasteiger partial charge in [-0.25, -0.2) is 4.79 Å². The smallest absolute Gasteiger partial charge is 0.331 e. The molecule has 1 heterocycles. The van der Waals surface area contributed by atoms with Crippen LogP contribution in [0.25, 0.3) is 0 Å². The maximum atomic E-state index is 14.1. The van der Waals surface area contributed by atoms with Crippen molar-refractivity contribution in [2.75, 3.05) is 7.05 Å². The number of fused-ring (bicyclic) bond motifs is 3. The molecule has 10 heteroatoms. The molecule has 8 saturated carbocycles. The van der Waals surface area contributed by atoms with Crippen molar-refractivity contribution in [3.8, 4) is 0 Å². The highest BCUT2D eigenvalue weighted by Gasteiger charge is 2.86. The Morgan fingerprint density at radius 2 is 1.64 bits per heavy atom. The first kappa shape index (κ1) is 39.9. The lowest BCUT2D eigenvalue weighted by molar-refractivity contribution is -0.375. The zero-order valence-electron chi connectivity index (χ0n) is 34.5. The van der Waals surface area contributed by atoms with Crippen LogP contribution in [0.4, 0.5) is 0 Å². The van der Waals surface area contributed by atoms with Crippen molar-refractivity contribution in [2.24, 2.45) is 64.1 Å². The summed E-state index contributed by atoms with van der Waals surface area (Å²) in [4.78, 5) is 27.7. The minimum atomic E-state index is -2.12. The summed E-state index contributed by atoms with van der Waals surface area (Å²) < 4.78 is 6.53. The number of nitrogens with one attached hydrogen (secondary N) is 1. The van der Waals surface area contributed by atoms with Gasteiger partial charge in [-0.1, -0.05) is 56.9 Å². The van der Waals surface area contributed by atoms with E-state index in [2.05, 4.69) is 12.2 Å². The number of carbonyl (C=O) groups is 2. The lowest BCUT2D eigenvalue weighted by Gasteiger charge is -2.73. The topological polar surface area (TPSA) is 177 Å². The quantitative estimate of drug-likeness (QED) is 0.146. The standard InChI is InChI=1S/C48H67NO9/c1-27(28-8-3-4-9-28)29-12-13-33-38(52)14-18-44(26-51)39-15-19-43-16-7-17-45-34(37(49-2)22-30-10-5-6-11-31(30)25-50)21-32(41(43)35(45)23-40(53)58-45)24-46(43,55)48(39,57)42(54)36(20-29)47(33,44)56/h5-6,10-11,23,26-29,32-34,36-39,41-42,49-50,52,54-57H,3-4,7-9,12-22,24-25H2,1-2H3/t27-,29+,32-,33-,34-,36-,37+,38-,39+,41+,42-,43+,44-,45+,46+,47+,48+/m0/s1. The molecule has 8 fully saturated rings. The summed E-state index contributed by atoms with van der Waals surface area (Å²) in [6.07, 6.45) is 11.3. The molecule has 1 aromatic carbocycles. The van der Waals surface area contributed by atoms with Gasteiger partial charge in [-0.15, -0.1) is 0 Å². The van der Waals surface area contributed by atoms with E-state index in [1.807, 2.05) is 31.3 Å². The van der Waals surface area contributed by atoms with E-state index in [1.165, 1.54) is 12.8 Å². The van der Waals surface area contributed by atoms with E-state index in [0.29, 0.717) is 76.0 Å². The van der Waals surface area contributed by atoms with Gasteiger partial charge in [0.05, 0.1) is 29.8 Å². The second-order valence-electron chi connectivity index (χ2n) is 21.2. The van der Waals surface area contributed by atoms with Crippen LogP contribution in [0.2, 0.25) is 0 Å². The third kappa shape index (κ3) is 4.80. The first-order chi connectivity index (χ1) is 27.8. The molecule has 318 valence electrons. The molecule has 7 N–H and O–H groups in total. The second kappa shape index (κ2) is 13.7. The number of ether oxygens (including phenoxy) is 1. The maximum Gasteiger partial charge on any atom is 0.331 e. The molecule has 2 bridgehead atoms. The summed E-state index contributed by atoms with van der Waals surface area (Å²) >= 11 is 0. The maximum absolute atomic E-state index is 14.1. The molecule has 0 saturated heterocycles. The first-order valence-electron chi connectivity index (χ1n) is 23.1. The van der Waals surface area contributed by atoms with Gasteiger partial charge in [0.15, 0.2) is 0 Å². The number of hydrogen-bond acceptors (Lipinski definition) is 10. The van der Waals surface area contributed by atoms with Gasteiger partial charge < -0.3 is 45.5 Å². The third-order valence-electron chi connectivity index (χ3n) is 20.0. The Kier molecular flexibility index (Phi) is 9.40. The lowest BCUT2D eigenvalue weighted by Crippen LogP contribution is -2.85. The van der Waals surface area contributed by atoms with Crippen LogP contribution in [0.15, 0.2) is 35.9 Å².